The van der Waals surface area contributed by atoms with Crippen molar-refractivity contribution >= 4 is 17.2 Å². The number of hydrogen-bond acceptors (Lipinski definition) is 5. The molecule has 0 aliphatic carbocycles. The molecule has 118 valence electrons. The van der Waals surface area contributed by atoms with Crippen LogP contribution < -0.4 is 5.32 Å². The number of carbonyl (C=O) groups excluding carboxylic acids is 1. The van der Waals surface area contributed by atoms with E-state index in [4.69, 9.17) is 0 Å². The third-order valence-electron chi connectivity index (χ3n) is 3.22. The van der Waals surface area contributed by atoms with Crippen molar-refractivity contribution in [3.05, 3.63) is 58.6 Å². The monoisotopic (exact) mass is 327 g/mol. The lowest BCUT2D eigenvalue weighted by Crippen LogP contribution is -2.23. The summed E-state index contributed by atoms with van der Waals surface area (Å²) >= 11 is 1.50. The first-order valence-corrected chi connectivity index (χ1v) is 8.21. The molecule has 0 spiro atoms. The summed E-state index contributed by atoms with van der Waals surface area (Å²) in [6.07, 6.45) is 1.64. The van der Waals surface area contributed by atoms with Gasteiger partial charge in [-0.3, -0.25) is 4.79 Å². The maximum atomic E-state index is 12.1. The van der Waals surface area contributed by atoms with Gasteiger partial charge in [-0.05, 0) is 12.1 Å². The van der Waals surface area contributed by atoms with Crippen LogP contribution in [0.1, 0.15) is 41.1 Å². The van der Waals surface area contributed by atoms with Gasteiger partial charge in [0.15, 0.2) is 5.82 Å². The second-order valence-corrected chi connectivity index (χ2v) is 6.24. The highest BCUT2D eigenvalue weighted by Crippen LogP contribution is 2.19. The zero-order valence-corrected chi connectivity index (χ0v) is 13.7. The topological polar surface area (TPSA) is 72.7 Å². The van der Waals surface area contributed by atoms with Crippen molar-refractivity contribution in [2.24, 2.45) is 0 Å². The van der Waals surface area contributed by atoms with Crippen molar-refractivity contribution in [2.45, 2.75) is 26.3 Å². The summed E-state index contributed by atoms with van der Waals surface area (Å²) in [6, 6.07) is 9.71. The lowest BCUT2D eigenvalue weighted by molar-refractivity contribution is 0.0945. The van der Waals surface area contributed by atoms with Gasteiger partial charge in [0, 0.05) is 11.3 Å². The smallest absolute Gasteiger partial charge is 0.271 e. The number of benzene rings is 1. The molecule has 7 heteroatoms. The Morgan fingerprint density at radius 3 is 2.78 bits per heavy atom. The minimum absolute atomic E-state index is 0.204. The molecule has 0 atom stereocenters. The quantitative estimate of drug-likeness (QED) is 0.782. The number of hydrogen-bond donors (Lipinski definition) is 1. The van der Waals surface area contributed by atoms with Crippen LogP contribution in [0.4, 0.5) is 0 Å². The highest BCUT2D eigenvalue weighted by Gasteiger charge is 2.13. The third kappa shape index (κ3) is 3.62. The van der Waals surface area contributed by atoms with Crippen LogP contribution >= 0.6 is 11.3 Å². The second-order valence-electron chi connectivity index (χ2n) is 5.35. The van der Waals surface area contributed by atoms with Gasteiger partial charge in [-0.25, -0.2) is 14.6 Å². The van der Waals surface area contributed by atoms with Gasteiger partial charge in [-0.1, -0.05) is 32.0 Å². The molecular formula is C16H17N5OS. The van der Waals surface area contributed by atoms with E-state index in [1.54, 1.807) is 16.4 Å². The van der Waals surface area contributed by atoms with Crippen LogP contribution in [0.15, 0.2) is 42.0 Å². The zero-order chi connectivity index (χ0) is 16.2. The number of rotatable bonds is 5. The fourth-order valence-corrected chi connectivity index (χ4v) is 2.81. The van der Waals surface area contributed by atoms with Crippen LogP contribution in [-0.2, 0) is 6.54 Å². The van der Waals surface area contributed by atoms with E-state index in [1.165, 1.54) is 11.3 Å². The number of nitrogens with zero attached hydrogens (tertiary/aromatic N) is 4. The van der Waals surface area contributed by atoms with E-state index >= 15 is 0 Å². The van der Waals surface area contributed by atoms with E-state index < -0.39 is 0 Å². The maximum Gasteiger partial charge on any atom is 0.271 e. The molecule has 0 unspecified atom stereocenters. The Morgan fingerprint density at radius 1 is 1.30 bits per heavy atom. The normalized spacial score (nSPS) is 10.9. The molecule has 0 aliphatic heterocycles. The van der Waals surface area contributed by atoms with Gasteiger partial charge in [0.2, 0.25) is 0 Å². The predicted octanol–water partition coefficient (Wildman–Crippen LogP) is 2.78. The van der Waals surface area contributed by atoms with Crippen LogP contribution in [0.2, 0.25) is 0 Å². The molecule has 1 N–H and O–H groups in total. The molecule has 0 saturated heterocycles. The Morgan fingerprint density at radius 2 is 2.09 bits per heavy atom. The highest BCUT2D eigenvalue weighted by atomic mass is 32.1. The standard InChI is InChI=1S/C16H17N5OS/c1-11(2)16-19-13(9-23-16)15(22)17-8-14-18-10-21(20-14)12-6-4-3-5-7-12/h3-7,9-11H,8H2,1-2H3,(H,17,22). The molecule has 1 aromatic carbocycles. The number of aromatic nitrogens is 4. The summed E-state index contributed by atoms with van der Waals surface area (Å²) in [4.78, 5) is 20.6. The zero-order valence-electron chi connectivity index (χ0n) is 12.9. The summed E-state index contributed by atoms with van der Waals surface area (Å²) < 4.78 is 1.68. The van der Waals surface area contributed by atoms with Gasteiger partial charge in [-0.15, -0.1) is 16.4 Å². The van der Waals surface area contributed by atoms with Crippen LogP contribution in [0.5, 0.6) is 0 Å². The number of para-hydroxylation sites is 1. The summed E-state index contributed by atoms with van der Waals surface area (Å²) in [7, 11) is 0. The molecular weight excluding hydrogens is 310 g/mol. The Balaban J connectivity index is 1.62. The Kier molecular flexibility index (Phi) is 4.47. The molecule has 0 bridgehead atoms. The van der Waals surface area contributed by atoms with E-state index in [1.807, 2.05) is 30.3 Å². The maximum absolute atomic E-state index is 12.1. The average molecular weight is 327 g/mol. The number of thiazole rings is 1. The number of carbonyl (C=O) groups is 1. The van der Waals surface area contributed by atoms with E-state index in [2.05, 4.69) is 34.2 Å². The van der Waals surface area contributed by atoms with Gasteiger partial charge in [0.1, 0.15) is 12.0 Å². The van der Waals surface area contributed by atoms with Crippen molar-refractivity contribution in [1.82, 2.24) is 25.1 Å². The van der Waals surface area contributed by atoms with Crippen molar-refractivity contribution in [3.63, 3.8) is 0 Å². The van der Waals surface area contributed by atoms with Gasteiger partial charge < -0.3 is 5.32 Å². The van der Waals surface area contributed by atoms with Crippen molar-refractivity contribution in [1.29, 1.82) is 0 Å². The largest absolute Gasteiger partial charge is 0.343 e. The lowest BCUT2D eigenvalue weighted by atomic mass is 10.2. The van der Waals surface area contributed by atoms with Crippen molar-refractivity contribution in [3.8, 4) is 5.69 Å². The fraction of sp³-hybridized carbons (Fsp3) is 0.250. The summed E-state index contributed by atoms with van der Waals surface area (Å²) in [6.45, 7) is 4.38. The molecule has 0 saturated carbocycles. The lowest BCUT2D eigenvalue weighted by Gasteiger charge is -2.01. The van der Waals surface area contributed by atoms with Gasteiger partial charge >= 0.3 is 0 Å². The Bertz CT molecular complexity index is 794. The molecule has 3 rings (SSSR count). The van der Waals surface area contributed by atoms with E-state index in [0.29, 0.717) is 17.4 Å². The third-order valence-corrected chi connectivity index (χ3v) is 4.36. The first kappa shape index (κ1) is 15.4. The first-order chi connectivity index (χ1) is 11.1. The van der Waals surface area contributed by atoms with Gasteiger partial charge in [0.05, 0.1) is 17.2 Å². The minimum atomic E-state index is -0.204. The molecule has 0 radical (unpaired) electrons. The predicted molar refractivity (Wildman–Crippen MR) is 88.7 cm³/mol. The van der Waals surface area contributed by atoms with E-state index in [9.17, 15) is 4.79 Å². The Labute approximate surface area is 138 Å². The van der Waals surface area contributed by atoms with Crippen LogP contribution in [0.3, 0.4) is 0 Å². The van der Waals surface area contributed by atoms with E-state index in [-0.39, 0.29) is 12.5 Å². The molecule has 2 aromatic heterocycles. The molecule has 6 nitrogen and oxygen atoms in total. The van der Waals surface area contributed by atoms with Crippen LogP contribution in [0.25, 0.3) is 5.69 Å². The Hall–Kier alpha value is -2.54. The van der Waals surface area contributed by atoms with Crippen molar-refractivity contribution in [2.75, 3.05) is 0 Å². The van der Waals surface area contributed by atoms with Crippen molar-refractivity contribution < 1.29 is 4.79 Å². The molecule has 0 aliphatic rings. The second kappa shape index (κ2) is 6.70. The number of nitrogens with one attached hydrogen (secondary N) is 1. The summed E-state index contributed by atoms with van der Waals surface area (Å²) in [5.41, 5.74) is 1.37. The fourth-order valence-electron chi connectivity index (χ4n) is 1.99. The summed E-state index contributed by atoms with van der Waals surface area (Å²) in [5.74, 6) is 0.676. The first-order valence-electron chi connectivity index (χ1n) is 7.33. The molecule has 0 fully saturated rings. The molecule has 23 heavy (non-hydrogen) atoms. The van der Waals surface area contributed by atoms with Gasteiger partial charge in [0.25, 0.3) is 5.91 Å². The van der Waals surface area contributed by atoms with Gasteiger partial charge in [-0.2, -0.15) is 0 Å². The molecule has 3 aromatic rings. The molecule has 2 heterocycles. The minimum Gasteiger partial charge on any atom is -0.343 e. The van der Waals surface area contributed by atoms with E-state index in [0.717, 1.165) is 10.7 Å². The van der Waals surface area contributed by atoms with Crippen LogP contribution in [0, 0.1) is 0 Å². The number of amides is 1. The molecule has 1 amide bonds. The highest BCUT2D eigenvalue weighted by molar-refractivity contribution is 7.09. The van der Waals surface area contributed by atoms with Crippen LogP contribution in [-0.4, -0.2) is 25.7 Å². The summed E-state index contributed by atoms with van der Waals surface area (Å²) in [5, 5.41) is 9.89. The SMILES string of the molecule is CC(C)c1nc(C(=O)NCc2ncn(-c3ccccc3)n2)cs1. The average Bonchev–Trinajstić information content (AvgIpc) is 3.23.